The van der Waals surface area contributed by atoms with E-state index in [1.165, 1.54) is 70.6 Å². The molecule has 34 heavy (non-hydrogen) atoms. The molecule has 0 bridgehead atoms. The van der Waals surface area contributed by atoms with Gasteiger partial charge in [0.15, 0.2) is 12.4 Å². The second-order valence-corrected chi connectivity index (χ2v) is 9.50. The molecular weight excluding hydrogens is 440 g/mol. The molecule has 0 unspecified atom stereocenters. The van der Waals surface area contributed by atoms with E-state index in [0.717, 1.165) is 19.3 Å². The van der Waals surface area contributed by atoms with Gasteiger partial charge in [-0.05, 0) is 6.42 Å². The predicted molar refractivity (Wildman–Crippen MR) is 130 cm³/mol. The van der Waals surface area contributed by atoms with Crippen LogP contribution in [0.25, 0.3) is 0 Å². The van der Waals surface area contributed by atoms with Crippen molar-refractivity contribution in [2.45, 2.75) is 140 Å². The van der Waals surface area contributed by atoms with Crippen molar-refractivity contribution >= 4 is 5.97 Å². The number of carbonyl (C=O) groups excluding carboxylic acids is 1. The highest BCUT2D eigenvalue weighted by Gasteiger charge is 2.40. The summed E-state index contributed by atoms with van der Waals surface area (Å²) in [6, 6.07) is 0. The van der Waals surface area contributed by atoms with Crippen LogP contribution in [0.4, 0.5) is 0 Å². The summed E-state index contributed by atoms with van der Waals surface area (Å²) in [5.41, 5.74) is 0. The van der Waals surface area contributed by atoms with Crippen molar-refractivity contribution in [1.29, 1.82) is 0 Å². The number of ether oxygens (including phenoxy) is 3. The molecule has 0 spiro atoms. The van der Waals surface area contributed by atoms with E-state index in [9.17, 15) is 25.2 Å². The van der Waals surface area contributed by atoms with Crippen LogP contribution in [0, 0.1) is 0 Å². The van der Waals surface area contributed by atoms with Gasteiger partial charge in [-0.3, -0.25) is 4.79 Å². The van der Waals surface area contributed by atoms with E-state index in [-0.39, 0.29) is 19.6 Å². The quantitative estimate of drug-likeness (QED) is 0.134. The first-order valence-corrected chi connectivity index (χ1v) is 13.6. The minimum Gasteiger partial charge on any atom is -0.457 e. The van der Waals surface area contributed by atoms with E-state index < -0.39 is 43.3 Å². The first-order chi connectivity index (χ1) is 16.5. The SMILES string of the molecule is CCCCCCCCCCCCCCCCCC(=O)O[C@@H]([C@H](O)[C@@H](O)C1OCCO1)[C@H](O)CO. The second kappa shape index (κ2) is 20.4. The Morgan fingerprint density at radius 2 is 1.24 bits per heavy atom. The molecule has 1 saturated heterocycles. The zero-order valence-corrected chi connectivity index (χ0v) is 21.2. The maximum atomic E-state index is 12.2. The van der Waals surface area contributed by atoms with Gasteiger partial charge in [0, 0.05) is 6.42 Å². The monoisotopic (exact) mass is 490 g/mol. The molecule has 1 fully saturated rings. The fourth-order valence-corrected chi connectivity index (χ4v) is 4.26. The molecule has 0 aliphatic carbocycles. The lowest BCUT2D eigenvalue weighted by molar-refractivity contribution is -0.203. The third-order valence-electron chi connectivity index (χ3n) is 6.43. The Morgan fingerprint density at radius 1 is 0.794 bits per heavy atom. The third kappa shape index (κ3) is 14.0. The lowest BCUT2D eigenvalue weighted by Gasteiger charge is -2.31. The zero-order chi connectivity index (χ0) is 25.0. The first kappa shape index (κ1) is 31.3. The maximum Gasteiger partial charge on any atom is 0.306 e. The summed E-state index contributed by atoms with van der Waals surface area (Å²) in [4.78, 5) is 12.2. The van der Waals surface area contributed by atoms with Gasteiger partial charge in [-0.15, -0.1) is 0 Å². The van der Waals surface area contributed by atoms with Gasteiger partial charge in [0.1, 0.15) is 18.3 Å². The summed E-state index contributed by atoms with van der Waals surface area (Å²) in [5.74, 6) is -0.577. The first-order valence-electron chi connectivity index (χ1n) is 13.6. The van der Waals surface area contributed by atoms with E-state index in [1.807, 2.05) is 0 Å². The highest BCUT2D eigenvalue weighted by Crippen LogP contribution is 2.19. The Bertz CT molecular complexity index is 483. The fourth-order valence-electron chi connectivity index (χ4n) is 4.26. The van der Waals surface area contributed by atoms with Crippen molar-refractivity contribution in [2.24, 2.45) is 0 Å². The summed E-state index contributed by atoms with van der Waals surface area (Å²) < 4.78 is 15.5. The van der Waals surface area contributed by atoms with Crippen molar-refractivity contribution in [3.63, 3.8) is 0 Å². The summed E-state index contributed by atoms with van der Waals surface area (Å²) in [7, 11) is 0. The number of aliphatic hydroxyl groups excluding tert-OH is 4. The molecule has 4 atom stereocenters. The number of hydrogen-bond donors (Lipinski definition) is 4. The summed E-state index contributed by atoms with van der Waals surface area (Å²) in [6.45, 7) is 2.09. The van der Waals surface area contributed by atoms with Crippen LogP contribution in [0.1, 0.15) is 110 Å². The Balaban J connectivity index is 2.07. The fraction of sp³-hybridized carbons (Fsp3) is 0.962. The number of rotatable bonds is 22. The van der Waals surface area contributed by atoms with Crippen LogP contribution in [0.5, 0.6) is 0 Å². The molecule has 0 aromatic carbocycles. The molecular formula is C26H50O8. The highest BCUT2D eigenvalue weighted by molar-refractivity contribution is 5.69. The average molecular weight is 491 g/mol. The molecule has 1 rings (SSSR count). The van der Waals surface area contributed by atoms with Gasteiger partial charge < -0.3 is 34.6 Å². The topological polar surface area (TPSA) is 126 Å². The van der Waals surface area contributed by atoms with Crippen molar-refractivity contribution in [3.8, 4) is 0 Å². The molecule has 0 saturated carbocycles. The zero-order valence-electron chi connectivity index (χ0n) is 21.2. The Labute approximate surface area is 206 Å². The molecule has 1 aliphatic heterocycles. The maximum absolute atomic E-state index is 12.2. The van der Waals surface area contributed by atoms with Crippen LogP contribution >= 0.6 is 0 Å². The molecule has 202 valence electrons. The van der Waals surface area contributed by atoms with Crippen molar-refractivity contribution in [3.05, 3.63) is 0 Å². The van der Waals surface area contributed by atoms with Crippen molar-refractivity contribution < 1.29 is 39.4 Å². The van der Waals surface area contributed by atoms with Crippen LogP contribution in [-0.2, 0) is 19.0 Å². The molecule has 0 aromatic heterocycles. The molecule has 4 N–H and O–H groups in total. The van der Waals surface area contributed by atoms with Crippen LogP contribution in [0.15, 0.2) is 0 Å². The van der Waals surface area contributed by atoms with Gasteiger partial charge in [0.25, 0.3) is 0 Å². The molecule has 1 heterocycles. The van der Waals surface area contributed by atoms with Crippen LogP contribution in [-0.4, -0.2) is 76.9 Å². The molecule has 1 aliphatic rings. The molecule has 0 aromatic rings. The van der Waals surface area contributed by atoms with Crippen LogP contribution in [0.3, 0.4) is 0 Å². The van der Waals surface area contributed by atoms with E-state index in [1.54, 1.807) is 0 Å². The highest BCUT2D eigenvalue weighted by atomic mass is 16.7. The number of hydrogen-bond acceptors (Lipinski definition) is 8. The Kier molecular flexibility index (Phi) is 18.8. The van der Waals surface area contributed by atoms with Gasteiger partial charge in [0.05, 0.1) is 19.8 Å². The number of esters is 1. The Morgan fingerprint density at radius 3 is 1.68 bits per heavy atom. The molecule has 8 nitrogen and oxygen atoms in total. The summed E-state index contributed by atoms with van der Waals surface area (Å²) >= 11 is 0. The minimum atomic E-state index is -1.64. The summed E-state index contributed by atoms with van der Waals surface area (Å²) in [6.07, 6.45) is 11.4. The third-order valence-corrected chi connectivity index (χ3v) is 6.43. The normalized spacial score (nSPS) is 18.0. The standard InChI is InChI=1S/C26H50O8/c1-2-3-4-5-6-7-8-9-10-11-12-13-14-15-16-17-22(29)34-25(21(28)20-27)23(30)24(31)26-32-18-19-33-26/h21,23-28,30-31H,2-20H2,1H3/t21-,23-,24-,25-/m1/s1. The van der Waals surface area contributed by atoms with E-state index in [0.29, 0.717) is 6.42 Å². The van der Waals surface area contributed by atoms with E-state index in [4.69, 9.17) is 14.2 Å². The lowest BCUT2D eigenvalue weighted by atomic mass is 10.0. The van der Waals surface area contributed by atoms with Gasteiger partial charge in [-0.2, -0.15) is 0 Å². The Hall–Kier alpha value is -0.770. The van der Waals surface area contributed by atoms with Crippen LogP contribution < -0.4 is 0 Å². The lowest BCUT2D eigenvalue weighted by Crippen LogP contribution is -2.52. The largest absolute Gasteiger partial charge is 0.457 e. The number of aliphatic hydroxyl groups is 4. The van der Waals surface area contributed by atoms with Gasteiger partial charge in [0.2, 0.25) is 0 Å². The van der Waals surface area contributed by atoms with Gasteiger partial charge >= 0.3 is 5.97 Å². The second-order valence-electron chi connectivity index (χ2n) is 9.50. The predicted octanol–water partition coefficient (Wildman–Crippen LogP) is 3.61. The number of carbonyl (C=O) groups is 1. The van der Waals surface area contributed by atoms with E-state index >= 15 is 0 Å². The number of unbranched alkanes of at least 4 members (excludes halogenated alkanes) is 14. The molecule has 0 radical (unpaired) electrons. The van der Waals surface area contributed by atoms with Crippen molar-refractivity contribution in [1.82, 2.24) is 0 Å². The van der Waals surface area contributed by atoms with Crippen molar-refractivity contribution in [2.75, 3.05) is 19.8 Å². The van der Waals surface area contributed by atoms with E-state index in [2.05, 4.69) is 6.92 Å². The van der Waals surface area contributed by atoms with Gasteiger partial charge in [-0.1, -0.05) is 96.8 Å². The van der Waals surface area contributed by atoms with Gasteiger partial charge in [-0.25, -0.2) is 0 Å². The molecule has 8 heteroatoms. The average Bonchev–Trinajstić information content (AvgIpc) is 3.38. The molecule has 0 amide bonds. The smallest absolute Gasteiger partial charge is 0.306 e. The minimum absolute atomic E-state index is 0.159. The summed E-state index contributed by atoms with van der Waals surface area (Å²) in [5, 5.41) is 39.7. The van der Waals surface area contributed by atoms with Crippen LogP contribution in [0.2, 0.25) is 0 Å².